The van der Waals surface area contributed by atoms with Gasteiger partial charge in [-0.05, 0) is 54.3 Å². The Bertz CT molecular complexity index is 1040. The van der Waals surface area contributed by atoms with Crippen LogP contribution < -0.4 is 5.32 Å². The van der Waals surface area contributed by atoms with E-state index in [4.69, 9.17) is 0 Å². The fourth-order valence-electron chi connectivity index (χ4n) is 4.65. The number of rotatable bonds is 9. The van der Waals surface area contributed by atoms with Gasteiger partial charge in [0.15, 0.2) is 0 Å². The van der Waals surface area contributed by atoms with Crippen LogP contribution in [0, 0.1) is 6.92 Å². The molecule has 1 aliphatic carbocycles. The third kappa shape index (κ3) is 6.11. The van der Waals surface area contributed by atoms with Gasteiger partial charge in [-0.2, -0.15) is 0 Å². The Hall–Kier alpha value is -2.92. The highest BCUT2D eigenvalue weighted by Gasteiger charge is 2.33. The summed E-state index contributed by atoms with van der Waals surface area (Å²) in [6.07, 6.45) is 5.34. The van der Waals surface area contributed by atoms with Crippen LogP contribution in [0.4, 0.5) is 0 Å². The number of hydrogen-bond acceptors (Lipinski definition) is 3. The first-order valence-corrected chi connectivity index (χ1v) is 12.7. The van der Waals surface area contributed by atoms with Crippen LogP contribution in [0.25, 0.3) is 0 Å². The van der Waals surface area contributed by atoms with Crippen molar-refractivity contribution >= 4 is 23.2 Å². The molecule has 1 fully saturated rings. The summed E-state index contributed by atoms with van der Waals surface area (Å²) in [6, 6.07) is 21.6. The molecule has 1 unspecified atom stereocenters. The van der Waals surface area contributed by atoms with Gasteiger partial charge in [0, 0.05) is 17.5 Å². The maximum absolute atomic E-state index is 13.7. The molecule has 1 aliphatic rings. The van der Waals surface area contributed by atoms with E-state index in [1.165, 1.54) is 0 Å². The van der Waals surface area contributed by atoms with Crippen molar-refractivity contribution in [1.82, 2.24) is 10.2 Å². The maximum atomic E-state index is 13.7. The quantitative estimate of drug-likeness (QED) is 0.460. The van der Waals surface area contributed by atoms with Crippen molar-refractivity contribution in [3.63, 3.8) is 0 Å². The normalized spacial score (nSPS) is 14.7. The first kappa shape index (κ1) is 23.2. The number of aryl methyl sites for hydroxylation is 1. The lowest BCUT2D eigenvalue weighted by molar-refractivity contribution is -0.140. The molecule has 0 aliphatic heterocycles. The van der Waals surface area contributed by atoms with E-state index in [9.17, 15) is 9.59 Å². The highest BCUT2D eigenvalue weighted by molar-refractivity contribution is 7.10. The van der Waals surface area contributed by atoms with Gasteiger partial charge in [0.2, 0.25) is 11.8 Å². The summed E-state index contributed by atoms with van der Waals surface area (Å²) in [4.78, 5) is 30.2. The van der Waals surface area contributed by atoms with Crippen LogP contribution in [0.15, 0.2) is 72.1 Å². The number of hydrogen-bond donors (Lipinski definition) is 1. The second kappa shape index (κ2) is 11.3. The van der Waals surface area contributed by atoms with Crippen molar-refractivity contribution in [3.8, 4) is 0 Å². The first-order chi connectivity index (χ1) is 16.1. The second-order valence-corrected chi connectivity index (χ2v) is 9.86. The minimum Gasteiger partial charge on any atom is -0.351 e. The van der Waals surface area contributed by atoms with Crippen molar-refractivity contribution in [2.75, 3.05) is 6.54 Å². The SMILES string of the molecule is Cc1ccccc1C(C(=O)NC1CCCC1)N(CCc1ccccc1)C(=O)Cc1cccs1. The van der Waals surface area contributed by atoms with E-state index in [1.54, 1.807) is 16.2 Å². The fraction of sp³-hybridized carbons (Fsp3) is 0.357. The molecular formula is C28H32N2O2S. The third-order valence-electron chi connectivity index (χ3n) is 6.45. The molecular weight excluding hydrogens is 428 g/mol. The van der Waals surface area contributed by atoms with E-state index in [-0.39, 0.29) is 17.9 Å². The van der Waals surface area contributed by atoms with E-state index in [0.29, 0.717) is 19.4 Å². The molecule has 0 spiro atoms. The van der Waals surface area contributed by atoms with Gasteiger partial charge in [0.05, 0.1) is 6.42 Å². The Balaban J connectivity index is 1.66. The van der Waals surface area contributed by atoms with Crippen LogP contribution in [-0.4, -0.2) is 29.3 Å². The Morgan fingerprint density at radius 2 is 1.73 bits per heavy atom. The highest BCUT2D eigenvalue weighted by atomic mass is 32.1. The molecule has 1 atom stereocenters. The van der Waals surface area contributed by atoms with E-state index in [2.05, 4.69) is 17.4 Å². The van der Waals surface area contributed by atoms with Gasteiger partial charge in [-0.3, -0.25) is 9.59 Å². The van der Waals surface area contributed by atoms with Gasteiger partial charge in [0.25, 0.3) is 0 Å². The summed E-state index contributed by atoms with van der Waals surface area (Å²) >= 11 is 1.58. The lowest BCUT2D eigenvalue weighted by Gasteiger charge is -2.33. The van der Waals surface area contributed by atoms with Gasteiger partial charge >= 0.3 is 0 Å². The van der Waals surface area contributed by atoms with E-state index in [1.807, 2.05) is 66.9 Å². The third-order valence-corrected chi connectivity index (χ3v) is 7.33. The Kier molecular flexibility index (Phi) is 7.95. The van der Waals surface area contributed by atoms with E-state index >= 15 is 0 Å². The Morgan fingerprint density at radius 3 is 2.42 bits per heavy atom. The molecule has 1 heterocycles. The summed E-state index contributed by atoms with van der Waals surface area (Å²) < 4.78 is 0. The summed E-state index contributed by atoms with van der Waals surface area (Å²) in [6.45, 7) is 2.51. The van der Waals surface area contributed by atoms with Crippen molar-refractivity contribution in [1.29, 1.82) is 0 Å². The summed E-state index contributed by atoms with van der Waals surface area (Å²) in [5.74, 6) is -0.0769. The smallest absolute Gasteiger partial charge is 0.247 e. The van der Waals surface area contributed by atoms with Gasteiger partial charge in [0.1, 0.15) is 6.04 Å². The van der Waals surface area contributed by atoms with Gasteiger partial charge in [-0.15, -0.1) is 11.3 Å². The Morgan fingerprint density at radius 1 is 1.00 bits per heavy atom. The number of thiophene rings is 1. The molecule has 0 saturated heterocycles. The lowest BCUT2D eigenvalue weighted by atomic mass is 9.97. The van der Waals surface area contributed by atoms with Gasteiger partial charge < -0.3 is 10.2 Å². The van der Waals surface area contributed by atoms with Crippen molar-refractivity contribution < 1.29 is 9.59 Å². The molecule has 5 heteroatoms. The number of amides is 2. The predicted octanol–water partition coefficient (Wildman–Crippen LogP) is 5.47. The van der Waals surface area contributed by atoms with Crippen LogP contribution in [0.5, 0.6) is 0 Å². The van der Waals surface area contributed by atoms with Crippen LogP contribution in [0.3, 0.4) is 0 Å². The molecule has 4 nitrogen and oxygen atoms in total. The molecule has 33 heavy (non-hydrogen) atoms. The van der Waals surface area contributed by atoms with Crippen molar-refractivity contribution in [2.24, 2.45) is 0 Å². The second-order valence-electron chi connectivity index (χ2n) is 8.83. The van der Waals surface area contributed by atoms with Crippen LogP contribution in [-0.2, 0) is 22.4 Å². The van der Waals surface area contributed by atoms with Gasteiger partial charge in [-0.25, -0.2) is 0 Å². The molecule has 4 rings (SSSR count). The minimum atomic E-state index is -0.636. The highest BCUT2D eigenvalue weighted by Crippen LogP contribution is 2.28. The number of nitrogens with zero attached hydrogens (tertiary/aromatic N) is 1. The standard InChI is InChI=1S/C28H32N2O2S/c1-21-10-5-8-16-25(21)27(28(32)29-23-13-6-7-14-23)30(18-17-22-11-3-2-4-12-22)26(31)20-24-15-9-19-33-24/h2-5,8-12,15-16,19,23,27H,6-7,13-14,17-18,20H2,1H3,(H,29,32). The molecule has 0 radical (unpaired) electrons. The Labute approximate surface area is 200 Å². The zero-order chi connectivity index (χ0) is 23.0. The fourth-order valence-corrected chi connectivity index (χ4v) is 5.35. The van der Waals surface area contributed by atoms with Crippen LogP contribution in [0.1, 0.15) is 53.3 Å². The topological polar surface area (TPSA) is 49.4 Å². The largest absolute Gasteiger partial charge is 0.351 e. The number of benzene rings is 2. The maximum Gasteiger partial charge on any atom is 0.247 e. The molecule has 0 bridgehead atoms. The number of nitrogens with one attached hydrogen (secondary N) is 1. The zero-order valence-electron chi connectivity index (χ0n) is 19.2. The molecule has 2 aromatic carbocycles. The summed E-state index contributed by atoms with van der Waals surface area (Å²) in [5, 5.41) is 5.26. The zero-order valence-corrected chi connectivity index (χ0v) is 20.0. The lowest BCUT2D eigenvalue weighted by Crippen LogP contribution is -2.47. The molecule has 1 saturated carbocycles. The van der Waals surface area contributed by atoms with E-state index < -0.39 is 6.04 Å². The average molecular weight is 461 g/mol. The predicted molar refractivity (Wildman–Crippen MR) is 134 cm³/mol. The molecule has 172 valence electrons. The van der Waals surface area contributed by atoms with Crippen molar-refractivity contribution in [3.05, 3.63) is 93.7 Å². The number of carbonyl (C=O) groups excluding carboxylic acids is 2. The molecule has 3 aromatic rings. The summed E-state index contributed by atoms with van der Waals surface area (Å²) in [7, 11) is 0. The minimum absolute atomic E-state index is 0.0109. The molecule has 2 amide bonds. The summed E-state index contributed by atoms with van der Waals surface area (Å²) in [5.41, 5.74) is 3.09. The monoisotopic (exact) mass is 460 g/mol. The number of carbonyl (C=O) groups is 2. The van der Waals surface area contributed by atoms with E-state index in [0.717, 1.165) is 47.3 Å². The first-order valence-electron chi connectivity index (χ1n) is 11.8. The molecule has 1 N–H and O–H groups in total. The van der Waals surface area contributed by atoms with Gasteiger partial charge in [-0.1, -0.05) is 73.5 Å². The van der Waals surface area contributed by atoms with Crippen LogP contribution >= 0.6 is 11.3 Å². The van der Waals surface area contributed by atoms with Crippen LogP contribution in [0.2, 0.25) is 0 Å². The average Bonchev–Trinajstić information content (AvgIpc) is 3.52. The van der Waals surface area contributed by atoms with Crippen molar-refractivity contribution in [2.45, 2.75) is 57.5 Å². The molecule has 1 aromatic heterocycles.